The lowest BCUT2D eigenvalue weighted by Crippen LogP contribution is -2.42. The molecule has 3 aromatic rings. The molecule has 2 N–H and O–H groups in total. The number of rotatable bonds is 4. The number of benzene rings is 1. The zero-order chi connectivity index (χ0) is 17.9. The third-order valence-electron chi connectivity index (χ3n) is 4.74. The van der Waals surface area contributed by atoms with Crippen molar-refractivity contribution in [2.45, 2.75) is 32.2 Å². The molecule has 1 saturated heterocycles. The SMILES string of the molecule is Cc1cccc(Nc2ncnc3cnc(N4CCCCC4CO)nc23)c1. The third-order valence-corrected chi connectivity index (χ3v) is 4.74. The number of hydrogen-bond donors (Lipinski definition) is 2. The number of hydrogen-bond acceptors (Lipinski definition) is 7. The number of nitrogens with one attached hydrogen (secondary N) is 1. The van der Waals surface area contributed by atoms with Crippen LogP contribution in [0.1, 0.15) is 24.8 Å². The van der Waals surface area contributed by atoms with E-state index in [4.69, 9.17) is 4.98 Å². The molecule has 1 aliphatic rings. The Morgan fingerprint density at radius 1 is 1.23 bits per heavy atom. The number of anilines is 3. The highest BCUT2D eigenvalue weighted by Gasteiger charge is 2.24. The molecule has 0 saturated carbocycles. The molecule has 7 nitrogen and oxygen atoms in total. The Morgan fingerprint density at radius 3 is 3.00 bits per heavy atom. The first-order valence-corrected chi connectivity index (χ1v) is 8.93. The van der Waals surface area contributed by atoms with E-state index in [-0.39, 0.29) is 12.6 Å². The van der Waals surface area contributed by atoms with E-state index in [1.165, 1.54) is 11.9 Å². The molecule has 134 valence electrons. The van der Waals surface area contributed by atoms with Crippen LogP contribution in [0.2, 0.25) is 0 Å². The number of aliphatic hydroxyl groups is 1. The summed E-state index contributed by atoms with van der Waals surface area (Å²) >= 11 is 0. The van der Waals surface area contributed by atoms with Gasteiger partial charge in [-0.1, -0.05) is 12.1 Å². The predicted molar refractivity (Wildman–Crippen MR) is 102 cm³/mol. The lowest BCUT2D eigenvalue weighted by atomic mass is 10.0. The normalized spacial score (nSPS) is 17.5. The van der Waals surface area contributed by atoms with E-state index in [9.17, 15) is 5.11 Å². The van der Waals surface area contributed by atoms with Crippen LogP contribution >= 0.6 is 0 Å². The van der Waals surface area contributed by atoms with Gasteiger partial charge in [-0.15, -0.1) is 0 Å². The molecule has 1 fully saturated rings. The van der Waals surface area contributed by atoms with Crippen molar-refractivity contribution < 1.29 is 5.11 Å². The number of aromatic nitrogens is 4. The summed E-state index contributed by atoms with van der Waals surface area (Å²) in [5.74, 6) is 1.28. The highest BCUT2D eigenvalue weighted by Crippen LogP contribution is 2.26. The minimum Gasteiger partial charge on any atom is -0.394 e. The second-order valence-electron chi connectivity index (χ2n) is 6.65. The molecule has 1 unspecified atom stereocenters. The Hall–Kier alpha value is -2.80. The van der Waals surface area contributed by atoms with Gasteiger partial charge in [-0.05, 0) is 43.9 Å². The summed E-state index contributed by atoms with van der Waals surface area (Å²) in [5.41, 5.74) is 3.50. The second kappa shape index (κ2) is 7.21. The van der Waals surface area contributed by atoms with Crippen molar-refractivity contribution in [3.63, 3.8) is 0 Å². The van der Waals surface area contributed by atoms with Crippen molar-refractivity contribution in [1.82, 2.24) is 19.9 Å². The van der Waals surface area contributed by atoms with Gasteiger partial charge in [-0.25, -0.2) is 19.9 Å². The maximum atomic E-state index is 9.68. The molecule has 2 aromatic heterocycles. The maximum absolute atomic E-state index is 9.68. The zero-order valence-corrected chi connectivity index (χ0v) is 14.8. The molecule has 7 heteroatoms. The van der Waals surface area contributed by atoms with Gasteiger partial charge in [-0.3, -0.25) is 0 Å². The quantitative estimate of drug-likeness (QED) is 0.748. The summed E-state index contributed by atoms with van der Waals surface area (Å²) in [5, 5.41) is 13.0. The first kappa shape index (κ1) is 16.7. The van der Waals surface area contributed by atoms with Crippen LogP contribution in [0.3, 0.4) is 0 Å². The van der Waals surface area contributed by atoms with E-state index in [0.29, 0.717) is 22.8 Å². The average Bonchev–Trinajstić information content (AvgIpc) is 2.68. The highest BCUT2D eigenvalue weighted by atomic mass is 16.3. The van der Waals surface area contributed by atoms with Crippen LogP contribution in [0.5, 0.6) is 0 Å². The van der Waals surface area contributed by atoms with Crippen molar-refractivity contribution in [2.75, 3.05) is 23.4 Å². The molecule has 0 radical (unpaired) electrons. The molecule has 3 heterocycles. The Labute approximate surface area is 152 Å². The van der Waals surface area contributed by atoms with E-state index in [2.05, 4.69) is 44.2 Å². The smallest absolute Gasteiger partial charge is 0.226 e. The molecule has 1 aromatic carbocycles. The van der Waals surface area contributed by atoms with Gasteiger partial charge >= 0.3 is 0 Å². The maximum Gasteiger partial charge on any atom is 0.226 e. The molecule has 4 rings (SSSR count). The van der Waals surface area contributed by atoms with Crippen LogP contribution in [0.4, 0.5) is 17.5 Å². The lowest BCUT2D eigenvalue weighted by Gasteiger charge is -2.34. The Morgan fingerprint density at radius 2 is 2.15 bits per heavy atom. The zero-order valence-electron chi connectivity index (χ0n) is 14.8. The average molecular weight is 350 g/mol. The minimum atomic E-state index is 0.0685. The van der Waals surface area contributed by atoms with Gasteiger partial charge in [0.05, 0.1) is 18.8 Å². The van der Waals surface area contributed by atoms with Crippen molar-refractivity contribution in [1.29, 1.82) is 0 Å². The third kappa shape index (κ3) is 3.30. The molecule has 0 spiro atoms. The molecule has 1 atom stereocenters. The fourth-order valence-electron chi connectivity index (χ4n) is 3.39. The fraction of sp³-hybridized carbons (Fsp3) is 0.368. The van der Waals surface area contributed by atoms with Gasteiger partial charge < -0.3 is 15.3 Å². The van der Waals surface area contributed by atoms with Crippen molar-refractivity contribution in [3.8, 4) is 0 Å². The van der Waals surface area contributed by atoms with Crippen LogP contribution < -0.4 is 10.2 Å². The summed E-state index contributed by atoms with van der Waals surface area (Å²) in [6, 6.07) is 8.17. The lowest BCUT2D eigenvalue weighted by molar-refractivity contribution is 0.239. The molecule has 26 heavy (non-hydrogen) atoms. The molecule has 0 aliphatic carbocycles. The van der Waals surface area contributed by atoms with Gasteiger partial charge in [0.1, 0.15) is 17.4 Å². The molecule has 0 bridgehead atoms. The summed E-state index contributed by atoms with van der Waals surface area (Å²) in [7, 11) is 0. The first-order chi connectivity index (χ1) is 12.7. The Kier molecular flexibility index (Phi) is 4.62. The number of aliphatic hydroxyl groups excluding tert-OH is 1. The largest absolute Gasteiger partial charge is 0.394 e. The van der Waals surface area contributed by atoms with E-state index in [0.717, 1.165) is 31.5 Å². The number of fused-ring (bicyclic) bond motifs is 1. The van der Waals surface area contributed by atoms with Crippen molar-refractivity contribution in [3.05, 3.63) is 42.4 Å². The van der Waals surface area contributed by atoms with E-state index >= 15 is 0 Å². The van der Waals surface area contributed by atoms with Gasteiger partial charge in [0, 0.05) is 12.2 Å². The molecular formula is C19H22N6O. The van der Waals surface area contributed by atoms with Crippen molar-refractivity contribution in [2.24, 2.45) is 0 Å². The van der Waals surface area contributed by atoms with E-state index in [1.54, 1.807) is 6.20 Å². The minimum absolute atomic E-state index is 0.0685. The van der Waals surface area contributed by atoms with Gasteiger partial charge in [0.25, 0.3) is 0 Å². The summed E-state index contributed by atoms with van der Waals surface area (Å²) in [4.78, 5) is 20.0. The van der Waals surface area contributed by atoms with Gasteiger partial charge in [0.15, 0.2) is 5.82 Å². The predicted octanol–water partition coefficient (Wildman–Crippen LogP) is 2.82. The summed E-state index contributed by atoms with van der Waals surface area (Å²) < 4.78 is 0. The first-order valence-electron chi connectivity index (χ1n) is 8.93. The second-order valence-corrected chi connectivity index (χ2v) is 6.65. The number of nitrogens with zero attached hydrogens (tertiary/aromatic N) is 5. The number of aryl methyl sites for hydroxylation is 1. The molecule has 1 aliphatic heterocycles. The summed E-state index contributed by atoms with van der Waals surface area (Å²) in [6.45, 7) is 3.01. The van der Waals surface area contributed by atoms with E-state index in [1.807, 2.05) is 12.1 Å². The Bertz CT molecular complexity index is 915. The fourth-order valence-corrected chi connectivity index (χ4v) is 3.39. The monoisotopic (exact) mass is 350 g/mol. The molecular weight excluding hydrogens is 328 g/mol. The van der Waals surface area contributed by atoms with Crippen LogP contribution in [0.15, 0.2) is 36.8 Å². The van der Waals surface area contributed by atoms with Gasteiger partial charge in [0.2, 0.25) is 5.95 Å². The van der Waals surface area contributed by atoms with Crippen LogP contribution in [0, 0.1) is 6.92 Å². The van der Waals surface area contributed by atoms with Crippen LogP contribution in [-0.4, -0.2) is 44.2 Å². The molecule has 0 amide bonds. The van der Waals surface area contributed by atoms with Gasteiger partial charge in [-0.2, -0.15) is 0 Å². The number of piperidine rings is 1. The highest BCUT2D eigenvalue weighted by molar-refractivity contribution is 5.87. The topological polar surface area (TPSA) is 87.1 Å². The summed E-state index contributed by atoms with van der Waals surface area (Å²) in [6.07, 6.45) is 6.40. The van der Waals surface area contributed by atoms with Crippen LogP contribution in [-0.2, 0) is 0 Å². The van der Waals surface area contributed by atoms with Crippen LogP contribution in [0.25, 0.3) is 11.0 Å². The Balaban J connectivity index is 1.72. The van der Waals surface area contributed by atoms with E-state index < -0.39 is 0 Å². The van der Waals surface area contributed by atoms with Crippen molar-refractivity contribution >= 4 is 28.5 Å². The standard InChI is InChI=1S/C19H22N6O/c1-13-5-4-6-14(9-13)23-18-17-16(21-12-22-18)10-20-19(24-17)25-8-3-2-7-15(25)11-26/h4-6,9-10,12,15,26H,2-3,7-8,11H2,1H3,(H,21,22,23).